The van der Waals surface area contributed by atoms with Gasteiger partial charge in [-0.15, -0.1) is 0 Å². The molecule has 1 aliphatic heterocycles. The summed E-state index contributed by atoms with van der Waals surface area (Å²) in [6.07, 6.45) is 1.91. The third kappa shape index (κ3) is 5.77. The summed E-state index contributed by atoms with van der Waals surface area (Å²) in [5.41, 5.74) is 1.27. The second kappa shape index (κ2) is 10.4. The molecule has 1 aromatic carbocycles. The third-order valence-corrected chi connectivity index (χ3v) is 5.09. The van der Waals surface area contributed by atoms with E-state index in [-0.39, 0.29) is 12.1 Å². The fourth-order valence-corrected chi connectivity index (χ4v) is 3.60. The van der Waals surface area contributed by atoms with E-state index in [0.29, 0.717) is 13.2 Å². The molecule has 2 unspecified atom stereocenters. The van der Waals surface area contributed by atoms with Gasteiger partial charge in [0.25, 0.3) is 0 Å². The zero-order valence-corrected chi connectivity index (χ0v) is 17.9. The molecule has 29 heavy (non-hydrogen) atoms. The molecule has 2 heterocycles. The Balaban J connectivity index is 1.66. The summed E-state index contributed by atoms with van der Waals surface area (Å²) in [6, 6.07) is 11.0. The molecule has 0 radical (unpaired) electrons. The van der Waals surface area contributed by atoms with Gasteiger partial charge < -0.3 is 20.3 Å². The number of likely N-dealkylation sites (N-methyl/N-ethyl adjacent to an activating group) is 1. The molecule has 0 saturated heterocycles. The van der Waals surface area contributed by atoms with E-state index in [1.54, 1.807) is 7.11 Å². The molecule has 1 aromatic heterocycles. The van der Waals surface area contributed by atoms with Crippen LogP contribution in [0.25, 0.3) is 0 Å². The Morgan fingerprint density at radius 2 is 2.14 bits per heavy atom. The van der Waals surface area contributed by atoms with Crippen molar-refractivity contribution in [2.24, 2.45) is 4.99 Å². The second-order valence-corrected chi connectivity index (χ2v) is 7.55. The van der Waals surface area contributed by atoms with E-state index in [9.17, 15) is 0 Å². The maximum atomic E-state index is 5.15. The highest BCUT2D eigenvalue weighted by Crippen LogP contribution is 2.18. The van der Waals surface area contributed by atoms with Gasteiger partial charge in [-0.3, -0.25) is 4.99 Å². The van der Waals surface area contributed by atoms with Crippen molar-refractivity contribution in [3.05, 3.63) is 47.5 Å². The number of nitrogens with zero attached hydrogens (tertiary/aromatic N) is 5. The maximum absolute atomic E-state index is 5.15. The fraction of sp³-hybridized carbons (Fsp3) is 0.571. The molecule has 3 rings (SSSR count). The first kappa shape index (κ1) is 21.3. The van der Waals surface area contributed by atoms with Crippen LogP contribution in [0.3, 0.4) is 0 Å². The largest absolute Gasteiger partial charge is 0.377 e. The number of methoxy groups -OCH3 is 1. The minimum Gasteiger partial charge on any atom is -0.377 e. The van der Waals surface area contributed by atoms with E-state index < -0.39 is 0 Å². The van der Waals surface area contributed by atoms with Crippen molar-refractivity contribution >= 4 is 5.96 Å². The fourth-order valence-electron chi connectivity index (χ4n) is 3.60. The molecule has 0 spiro atoms. The number of rotatable bonds is 8. The first-order chi connectivity index (χ1) is 14.1. The summed E-state index contributed by atoms with van der Waals surface area (Å²) in [7, 11) is 5.86. The monoisotopic (exact) mass is 399 g/mol. The normalized spacial score (nSPS) is 17.8. The average Bonchev–Trinajstić information content (AvgIpc) is 3.11. The van der Waals surface area contributed by atoms with Crippen molar-refractivity contribution in [1.82, 2.24) is 30.3 Å². The van der Waals surface area contributed by atoms with Crippen LogP contribution in [0.2, 0.25) is 0 Å². The lowest BCUT2D eigenvalue weighted by atomic mass is 10.1. The Kier molecular flexibility index (Phi) is 7.60. The first-order valence-electron chi connectivity index (χ1n) is 10.3. The van der Waals surface area contributed by atoms with Crippen molar-refractivity contribution in [2.45, 2.75) is 45.0 Å². The molecule has 2 atom stereocenters. The van der Waals surface area contributed by atoms with Gasteiger partial charge in [0.15, 0.2) is 11.8 Å². The van der Waals surface area contributed by atoms with Crippen LogP contribution < -0.4 is 10.6 Å². The van der Waals surface area contributed by atoms with Crippen molar-refractivity contribution < 1.29 is 4.74 Å². The number of hydrogen-bond acceptors (Lipinski definition) is 5. The number of benzene rings is 1. The second-order valence-electron chi connectivity index (χ2n) is 7.55. The minimum atomic E-state index is 0.233. The van der Waals surface area contributed by atoms with Gasteiger partial charge in [0.1, 0.15) is 12.4 Å². The van der Waals surface area contributed by atoms with E-state index >= 15 is 0 Å². The van der Waals surface area contributed by atoms with E-state index in [0.717, 1.165) is 43.5 Å². The van der Waals surface area contributed by atoms with Crippen LogP contribution in [-0.4, -0.2) is 66.0 Å². The van der Waals surface area contributed by atoms with Crippen LogP contribution in [-0.2, 0) is 24.3 Å². The van der Waals surface area contributed by atoms with Crippen molar-refractivity contribution in [3.8, 4) is 0 Å². The van der Waals surface area contributed by atoms with Gasteiger partial charge >= 0.3 is 0 Å². The molecule has 1 aliphatic rings. The smallest absolute Gasteiger partial charge is 0.191 e. The lowest BCUT2D eigenvalue weighted by Crippen LogP contribution is -2.47. The SMILES string of the molecule is CCNC(=NCC(c1ccccc1)N(C)C)NC1CCc2nc(COC)nn2C1. The van der Waals surface area contributed by atoms with Gasteiger partial charge in [0.05, 0.1) is 19.1 Å². The Bertz CT molecular complexity index is 788. The van der Waals surface area contributed by atoms with Gasteiger partial charge in [0, 0.05) is 26.1 Å². The maximum Gasteiger partial charge on any atom is 0.191 e. The van der Waals surface area contributed by atoms with Gasteiger partial charge in [0.2, 0.25) is 0 Å². The number of guanidine groups is 1. The molecular formula is C21H33N7O. The highest BCUT2D eigenvalue weighted by atomic mass is 16.5. The molecule has 0 amide bonds. The Morgan fingerprint density at radius 3 is 2.83 bits per heavy atom. The predicted octanol–water partition coefficient (Wildman–Crippen LogP) is 1.60. The average molecular weight is 400 g/mol. The lowest BCUT2D eigenvalue weighted by molar-refractivity contribution is 0.177. The van der Waals surface area contributed by atoms with Gasteiger partial charge in [-0.2, -0.15) is 5.10 Å². The van der Waals surface area contributed by atoms with E-state index in [1.165, 1.54) is 5.56 Å². The summed E-state index contributed by atoms with van der Waals surface area (Å²) in [5, 5.41) is 11.5. The molecule has 8 nitrogen and oxygen atoms in total. The number of aryl methyl sites for hydroxylation is 1. The number of fused-ring (bicyclic) bond motifs is 1. The molecule has 0 aliphatic carbocycles. The van der Waals surface area contributed by atoms with Crippen molar-refractivity contribution in [3.63, 3.8) is 0 Å². The Morgan fingerprint density at radius 1 is 1.34 bits per heavy atom. The Hall–Kier alpha value is -2.45. The number of aromatic nitrogens is 3. The summed E-state index contributed by atoms with van der Waals surface area (Å²) in [4.78, 5) is 11.6. The number of hydrogen-bond donors (Lipinski definition) is 2. The summed E-state index contributed by atoms with van der Waals surface area (Å²) >= 11 is 0. The molecule has 158 valence electrons. The zero-order chi connectivity index (χ0) is 20.6. The van der Waals surface area contributed by atoms with Gasteiger partial charge in [-0.05, 0) is 33.0 Å². The van der Waals surface area contributed by atoms with Crippen LogP contribution >= 0.6 is 0 Å². The third-order valence-electron chi connectivity index (χ3n) is 5.09. The predicted molar refractivity (Wildman–Crippen MR) is 115 cm³/mol. The van der Waals surface area contributed by atoms with Crippen LogP contribution in [0.5, 0.6) is 0 Å². The summed E-state index contributed by atoms with van der Waals surface area (Å²) in [6.45, 7) is 4.83. The van der Waals surface area contributed by atoms with Crippen molar-refractivity contribution in [2.75, 3.05) is 34.3 Å². The standard InChI is InChI=1S/C21H33N7O/c1-5-22-21(23-13-18(27(2)3)16-9-7-6-8-10-16)24-17-11-12-20-25-19(15-29-4)26-28(20)14-17/h6-10,17-18H,5,11-15H2,1-4H3,(H2,22,23,24). The zero-order valence-electron chi connectivity index (χ0n) is 17.9. The Labute approximate surface area is 173 Å². The van der Waals surface area contributed by atoms with Crippen LogP contribution in [0.15, 0.2) is 35.3 Å². The number of aliphatic imine (C=N–C) groups is 1. The van der Waals surface area contributed by atoms with E-state index in [2.05, 4.69) is 70.9 Å². The first-order valence-corrected chi connectivity index (χ1v) is 10.3. The molecule has 8 heteroatoms. The minimum absolute atomic E-state index is 0.233. The molecule has 2 N–H and O–H groups in total. The number of ether oxygens (including phenoxy) is 1. The molecule has 0 fully saturated rings. The highest BCUT2D eigenvalue weighted by Gasteiger charge is 2.22. The molecule has 2 aromatic rings. The molecule has 0 saturated carbocycles. The highest BCUT2D eigenvalue weighted by molar-refractivity contribution is 5.80. The summed E-state index contributed by atoms with van der Waals surface area (Å²) in [5.74, 6) is 2.63. The number of nitrogens with one attached hydrogen (secondary N) is 2. The lowest BCUT2D eigenvalue weighted by Gasteiger charge is -2.27. The van der Waals surface area contributed by atoms with Crippen LogP contribution in [0.1, 0.15) is 36.6 Å². The molecular weight excluding hydrogens is 366 g/mol. The topological polar surface area (TPSA) is 79.6 Å². The quantitative estimate of drug-likeness (QED) is 0.518. The van der Waals surface area contributed by atoms with Crippen LogP contribution in [0.4, 0.5) is 0 Å². The van der Waals surface area contributed by atoms with Gasteiger partial charge in [-0.25, -0.2) is 9.67 Å². The van der Waals surface area contributed by atoms with E-state index in [4.69, 9.17) is 9.73 Å². The molecule has 0 bridgehead atoms. The summed E-state index contributed by atoms with van der Waals surface area (Å²) < 4.78 is 7.14. The van der Waals surface area contributed by atoms with E-state index in [1.807, 2.05) is 10.7 Å². The van der Waals surface area contributed by atoms with Gasteiger partial charge in [-0.1, -0.05) is 30.3 Å². The van der Waals surface area contributed by atoms with Crippen LogP contribution in [0, 0.1) is 0 Å². The van der Waals surface area contributed by atoms with Crippen molar-refractivity contribution in [1.29, 1.82) is 0 Å².